The molecule has 0 spiro atoms. The number of anilines is 2. The Kier molecular flexibility index (Phi) is 2.94. The van der Waals surface area contributed by atoms with Crippen LogP contribution in [0.3, 0.4) is 0 Å². The number of amides is 1. The molecule has 1 amide bonds. The first kappa shape index (κ1) is 12.0. The SMILES string of the molecule is CCn1c(NC(C)=O)c(C#N)c2ccc(N)cc21. The van der Waals surface area contributed by atoms with Crippen molar-refractivity contribution in [1.29, 1.82) is 5.26 Å². The maximum atomic E-state index is 11.2. The Morgan fingerprint density at radius 3 is 2.83 bits per heavy atom. The monoisotopic (exact) mass is 242 g/mol. The zero-order chi connectivity index (χ0) is 13.3. The van der Waals surface area contributed by atoms with E-state index in [4.69, 9.17) is 5.73 Å². The van der Waals surface area contributed by atoms with Crippen LogP contribution in [0.15, 0.2) is 18.2 Å². The van der Waals surface area contributed by atoms with Crippen LogP contribution in [0.25, 0.3) is 10.9 Å². The molecular formula is C13H14N4O. The molecule has 0 aliphatic carbocycles. The van der Waals surface area contributed by atoms with Crippen molar-refractivity contribution in [2.45, 2.75) is 20.4 Å². The van der Waals surface area contributed by atoms with E-state index in [2.05, 4.69) is 11.4 Å². The minimum absolute atomic E-state index is 0.197. The van der Waals surface area contributed by atoms with E-state index in [1.54, 1.807) is 12.1 Å². The van der Waals surface area contributed by atoms with Crippen LogP contribution in [0.2, 0.25) is 0 Å². The van der Waals surface area contributed by atoms with Gasteiger partial charge in [0.15, 0.2) is 0 Å². The fourth-order valence-electron chi connectivity index (χ4n) is 2.10. The molecule has 0 aliphatic rings. The van der Waals surface area contributed by atoms with Crippen molar-refractivity contribution >= 4 is 28.3 Å². The molecule has 5 nitrogen and oxygen atoms in total. The second-order valence-electron chi connectivity index (χ2n) is 4.04. The summed E-state index contributed by atoms with van der Waals surface area (Å²) in [5, 5.41) is 12.8. The number of hydrogen-bond acceptors (Lipinski definition) is 3. The van der Waals surface area contributed by atoms with Gasteiger partial charge in [0, 0.05) is 24.5 Å². The average molecular weight is 242 g/mol. The third-order valence-corrected chi connectivity index (χ3v) is 2.81. The van der Waals surface area contributed by atoms with Crippen molar-refractivity contribution in [3.63, 3.8) is 0 Å². The van der Waals surface area contributed by atoms with Crippen LogP contribution in [0, 0.1) is 11.3 Å². The van der Waals surface area contributed by atoms with Crippen LogP contribution in [0.4, 0.5) is 11.5 Å². The largest absolute Gasteiger partial charge is 0.399 e. The molecule has 2 aromatic rings. The smallest absolute Gasteiger partial charge is 0.222 e. The molecule has 3 N–H and O–H groups in total. The number of fused-ring (bicyclic) bond motifs is 1. The number of rotatable bonds is 2. The summed E-state index contributed by atoms with van der Waals surface area (Å²) in [5.74, 6) is 0.338. The van der Waals surface area contributed by atoms with Gasteiger partial charge in [-0.25, -0.2) is 0 Å². The Hall–Kier alpha value is -2.48. The number of nitrogens with zero attached hydrogens (tertiary/aromatic N) is 2. The molecule has 0 saturated carbocycles. The highest BCUT2D eigenvalue weighted by Gasteiger charge is 2.17. The standard InChI is InChI=1S/C13H14N4O/c1-3-17-12-6-9(15)4-5-10(12)11(7-14)13(17)16-8(2)18/h4-6H,3,15H2,1-2H3,(H,16,18). The Morgan fingerprint density at radius 2 is 2.28 bits per heavy atom. The number of nitrogen functional groups attached to an aromatic ring is 1. The van der Waals surface area contributed by atoms with Crippen molar-refractivity contribution in [3.8, 4) is 6.07 Å². The number of nitrogens with one attached hydrogen (secondary N) is 1. The number of aryl methyl sites for hydroxylation is 1. The highest BCUT2D eigenvalue weighted by atomic mass is 16.1. The summed E-state index contributed by atoms with van der Waals surface area (Å²) in [7, 11) is 0. The summed E-state index contributed by atoms with van der Waals surface area (Å²) < 4.78 is 1.88. The zero-order valence-electron chi connectivity index (χ0n) is 10.3. The van der Waals surface area contributed by atoms with Gasteiger partial charge < -0.3 is 15.6 Å². The van der Waals surface area contributed by atoms with Gasteiger partial charge in [-0.05, 0) is 25.1 Å². The van der Waals surface area contributed by atoms with Gasteiger partial charge in [0.2, 0.25) is 5.91 Å². The van der Waals surface area contributed by atoms with Crippen LogP contribution in [-0.2, 0) is 11.3 Å². The highest BCUT2D eigenvalue weighted by Crippen LogP contribution is 2.31. The zero-order valence-corrected chi connectivity index (χ0v) is 10.3. The minimum atomic E-state index is -0.197. The third kappa shape index (κ3) is 1.78. The normalized spacial score (nSPS) is 10.3. The van der Waals surface area contributed by atoms with Crippen LogP contribution in [0.5, 0.6) is 0 Å². The van der Waals surface area contributed by atoms with E-state index in [9.17, 15) is 10.1 Å². The van der Waals surface area contributed by atoms with Crippen LogP contribution < -0.4 is 11.1 Å². The second-order valence-corrected chi connectivity index (χ2v) is 4.04. The summed E-state index contributed by atoms with van der Waals surface area (Å²) in [6.45, 7) is 4.03. The highest BCUT2D eigenvalue weighted by molar-refractivity contribution is 5.99. The lowest BCUT2D eigenvalue weighted by Crippen LogP contribution is -2.11. The first-order valence-corrected chi connectivity index (χ1v) is 5.67. The van der Waals surface area contributed by atoms with Crippen molar-refractivity contribution in [2.24, 2.45) is 0 Å². The molecule has 0 fully saturated rings. The molecule has 0 saturated heterocycles. The first-order chi connectivity index (χ1) is 8.58. The summed E-state index contributed by atoms with van der Waals surface area (Å²) in [6, 6.07) is 7.51. The Labute approximate surface area is 105 Å². The van der Waals surface area contributed by atoms with Gasteiger partial charge in [-0.15, -0.1) is 0 Å². The number of hydrogen-bond donors (Lipinski definition) is 2. The van der Waals surface area contributed by atoms with Crippen LogP contribution in [-0.4, -0.2) is 10.5 Å². The van der Waals surface area contributed by atoms with E-state index < -0.39 is 0 Å². The van der Waals surface area contributed by atoms with Gasteiger partial charge in [-0.3, -0.25) is 4.79 Å². The van der Waals surface area contributed by atoms with E-state index >= 15 is 0 Å². The Morgan fingerprint density at radius 1 is 1.56 bits per heavy atom. The summed E-state index contributed by atoms with van der Waals surface area (Å²) >= 11 is 0. The van der Waals surface area contributed by atoms with Gasteiger partial charge in [-0.1, -0.05) is 0 Å². The number of carbonyl (C=O) groups is 1. The van der Waals surface area contributed by atoms with E-state index in [1.165, 1.54) is 6.92 Å². The van der Waals surface area contributed by atoms with Gasteiger partial charge in [0.25, 0.3) is 0 Å². The maximum absolute atomic E-state index is 11.2. The number of benzene rings is 1. The molecule has 2 rings (SSSR count). The molecule has 1 aromatic heterocycles. The van der Waals surface area contributed by atoms with E-state index in [0.717, 1.165) is 10.9 Å². The topological polar surface area (TPSA) is 83.8 Å². The number of aromatic nitrogens is 1. The second kappa shape index (κ2) is 4.41. The molecule has 0 atom stereocenters. The van der Waals surface area contributed by atoms with Crippen LogP contribution in [0.1, 0.15) is 19.4 Å². The molecule has 1 aromatic carbocycles. The Balaban J connectivity index is 2.82. The molecule has 92 valence electrons. The summed E-state index contributed by atoms with van der Waals surface area (Å²) in [5.41, 5.74) is 7.73. The molecule has 18 heavy (non-hydrogen) atoms. The molecule has 1 heterocycles. The summed E-state index contributed by atoms with van der Waals surface area (Å²) in [4.78, 5) is 11.2. The lowest BCUT2D eigenvalue weighted by Gasteiger charge is -2.08. The number of nitriles is 1. The van der Waals surface area contributed by atoms with Crippen molar-refractivity contribution in [3.05, 3.63) is 23.8 Å². The Bertz CT molecular complexity index is 664. The minimum Gasteiger partial charge on any atom is -0.399 e. The van der Waals surface area contributed by atoms with E-state index in [-0.39, 0.29) is 5.91 Å². The predicted molar refractivity (Wildman–Crippen MR) is 71.0 cm³/mol. The van der Waals surface area contributed by atoms with Crippen LogP contribution >= 0.6 is 0 Å². The average Bonchev–Trinajstić information content (AvgIpc) is 2.60. The van der Waals surface area contributed by atoms with Gasteiger partial charge in [0.05, 0.1) is 5.52 Å². The predicted octanol–water partition coefficient (Wildman–Crippen LogP) is 2.07. The van der Waals surface area contributed by atoms with Crippen molar-refractivity contribution in [2.75, 3.05) is 11.1 Å². The lowest BCUT2D eigenvalue weighted by atomic mass is 10.1. The quantitative estimate of drug-likeness (QED) is 0.791. The fourth-order valence-corrected chi connectivity index (χ4v) is 2.10. The van der Waals surface area contributed by atoms with Crippen molar-refractivity contribution < 1.29 is 4.79 Å². The van der Waals surface area contributed by atoms with Gasteiger partial charge in [-0.2, -0.15) is 5.26 Å². The van der Waals surface area contributed by atoms with Crippen molar-refractivity contribution in [1.82, 2.24) is 4.57 Å². The summed E-state index contributed by atoms with van der Waals surface area (Å²) in [6.07, 6.45) is 0. The maximum Gasteiger partial charge on any atom is 0.222 e. The lowest BCUT2D eigenvalue weighted by molar-refractivity contribution is -0.114. The van der Waals surface area contributed by atoms with Gasteiger partial charge in [0.1, 0.15) is 17.5 Å². The molecule has 0 aliphatic heterocycles. The number of carbonyl (C=O) groups excluding carboxylic acids is 1. The molecule has 5 heteroatoms. The number of nitrogens with two attached hydrogens (primary N) is 1. The third-order valence-electron chi connectivity index (χ3n) is 2.81. The van der Waals surface area contributed by atoms with E-state index in [1.807, 2.05) is 17.6 Å². The fraction of sp³-hybridized carbons (Fsp3) is 0.231. The molecular weight excluding hydrogens is 228 g/mol. The molecule has 0 unspecified atom stereocenters. The molecule has 0 bridgehead atoms. The molecule has 0 radical (unpaired) electrons. The van der Waals surface area contributed by atoms with Gasteiger partial charge >= 0.3 is 0 Å². The first-order valence-electron chi connectivity index (χ1n) is 5.67. The van der Waals surface area contributed by atoms with E-state index in [0.29, 0.717) is 23.6 Å².